The van der Waals surface area contributed by atoms with Gasteiger partial charge in [-0.05, 0) is 24.3 Å². The fourth-order valence-electron chi connectivity index (χ4n) is 3.02. The minimum Gasteiger partial charge on any atom is -0.379 e. The summed E-state index contributed by atoms with van der Waals surface area (Å²) >= 11 is 2.01. The Hall–Kier alpha value is -1.29. The number of nitrogens with zero attached hydrogens (tertiary/aromatic N) is 3. The van der Waals surface area contributed by atoms with Gasteiger partial charge in [-0.15, -0.1) is 0 Å². The topological polar surface area (TPSA) is 61.2 Å². The lowest BCUT2D eigenvalue weighted by Crippen LogP contribution is -2.57. The Morgan fingerprint density at radius 1 is 1.48 bits per heavy atom. The maximum Gasteiger partial charge on any atom is 0.143 e. The zero-order valence-electron chi connectivity index (χ0n) is 12.0. The van der Waals surface area contributed by atoms with Crippen molar-refractivity contribution in [1.29, 1.82) is 5.26 Å². The fourth-order valence-corrected chi connectivity index (χ4v) is 4.50. The van der Waals surface area contributed by atoms with E-state index in [0.717, 1.165) is 38.6 Å². The van der Waals surface area contributed by atoms with Crippen molar-refractivity contribution in [3.63, 3.8) is 0 Å². The van der Waals surface area contributed by atoms with Crippen molar-refractivity contribution in [2.24, 2.45) is 0 Å². The summed E-state index contributed by atoms with van der Waals surface area (Å²) in [6, 6.07) is 5.80. The zero-order chi connectivity index (χ0) is 14.5. The van der Waals surface area contributed by atoms with Crippen LogP contribution in [0.5, 0.6) is 0 Å². The van der Waals surface area contributed by atoms with Gasteiger partial charge in [0.1, 0.15) is 11.9 Å². The lowest BCUT2D eigenvalue weighted by molar-refractivity contribution is -0.00922. The molecule has 112 valence electrons. The number of hydrogen-bond acceptors (Lipinski definition) is 6. The van der Waals surface area contributed by atoms with E-state index in [0.29, 0.717) is 11.4 Å². The van der Waals surface area contributed by atoms with Crippen LogP contribution in [-0.2, 0) is 4.74 Å². The summed E-state index contributed by atoms with van der Waals surface area (Å²) in [5.41, 5.74) is 0.777. The first-order valence-corrected chi connectivity index (χ1v) is 8.49. The molecule has 0 bridgehead atoms. The van der Waals surface area contributed by atoms with E-state index in [1.54, 1.807) is 18.3 Å². The summed E-state index contributed by atoms with van der Waals surface area (Å²) in [7, 11) is 0. The molecule has 2 aliphatic rings. The van der Waals surface area contributed by atoms with Crippen LogP contribution in [0.25, 0.3) is 0 Å². The van der Waals surface area contributed by atoms with Crippen molar-refractivity contribution in [2.45, 2.75) is 12.0 Å². The van der Waals surface area contributed by atoms with Crippen LogP contribution in [0.1, 0.15) is 12.0 Å². The smallest absolute Gasteiger partial charge is 0.143 e. The molecule has 21 heavy (non-hydrogen) atoms. The third-order valence-electron chi connectivity index (χ3n) is 4.28. The summed E-state index contributed by atoms with van der Waals surface area (Å²) in [6.45, 7) is 4.47. The highest BCUT2D eigenvalue weighted by Crippen LogP contribution is 2.34. The first-order valence-electron chi connectivity index (χ1n) is 7.34. The van der Waals surface area contributed by atoms with Gasteiger partial charge in [-0.25, -0.2) is 4.98 Å². The highest BCUT2D eigenvalue weighted by atomic mass is 32.2. The van der Waals surface area contributed by atoms with Gasteiger partial charge in [0.2, 0.25) is 0 Å². The van der Waals surface area contributed by atoms with Crippen LogP contribution >= 0.6 is 11.8 Å². The largest absolute Gasteiger partial charge is 0.379 e. The summed E-state index contributed by atoms with van der Waals surface area (Å²) in [5.74, 6) is 3.03. The van der Waals surface area contributed by atoms with E-state index in [2.05, 4.69) is 21.3 Å². The molecule has 0 saturated carbocycles. The van der Waals surface area contributed by atoms with Gasteiger partial charge < -0.3 is 10.1 Å². The molecule has 0 aliphatic carbocycles. The van der Waals surface area contributed by atoms with Crippen LogP contribution in [0.2, 0.25) is 0 Å². The second-order valence-corrected chi connectivity index (χ2v) is 6.60. The number of aromatic nitrogens is 1. The Morgan fingerprint density at radius 3 is 3.05 bits per heavy atom. The van der Waals surface area contributed by atoms with Crippen molar-refractivity contribution in [3.8, 4) is 6.07 Å². The molecule has 6 heteroatoms. The Morgan fingerprint density at radius 2 is 2.33 bits per heavy atom. The second-order valence-electron chi connectivity index (χ2n) is 5.49. The van der Waals surface area contributed by atoms with Crippen LogP contribution in [0.15, 0.2) is 18.3 Å². The molecule has 0 unspecified atom stereocenters. The fraction of sp³-hybridized carbons (Fsp3) is 0.600. The molecule has 2 fully saturated rings. The predicted octanol–water partition coefficient (Wildman–Crippen LogP) is 1.57. The van der Waals surface area contributed by atoms with Crippen LogP contribution in [0.3, 0.4) is 0 Å². The third-order valence-corrected chi connectivity index (χ3v) is 5.51. The molecular weight excluding hydrogens is 284 g/mol. The molecule has 1 atom stereocenters. The maximum atomic E-state index is 9.16. The van der Waals surface area contributed by atoms with Crippen molar-refractivity contribution in [2.75, 3.05) is 49.7 Å². The minimum atomic E-state index is 0.165. The van der Waals surface area contributed by atoms with E-state index >= 15 is 0 Å². The summed E-state index contributed by atoms with van der Waals surface area (Å²) < 4.78 is 5.48. The monoisotopic (exact) mass is 304 g/mol. The van der Waals surface area contributed by atoms with Gasteiger partial charge in [-0.1, -0.05) is 0 Å². The van der Waals surface area contributed by atoms with E-state index in [4.69, 9.17) is 10.00 Å². The highest BCUT2D eigenvalue weighted by molar-refractivity contribution is 7.99. The number of morpholine rings is 1. The van der Waals surface area contributed by atoms with E-state index in [9.17, 15) is 0 Å². The molecule has 5 nitrogen and oxygen atoms in total. The summed E-state index contributed by atoms with van der Waals surface area (Å²) in [4.78, 5) is 6.86. The first-order chi connectivity index (χ1) is 10.3. The van der Waals surface area contributed by atoms with E-state index in [1.165, 1.54) is 12.2 Å². The van der Waals surface area contributed by atoms with E-state index in [1.807, 2.05) is 11.8 Å². The number of ether oxygens (including phenoxy) is 1. The summed E-state index contributed by atoms with van der Waals surface area (Å²) in [5, 5.41) is 12.6. The van der Waals surface area contributed by atoms with Crippen LogP contribution < -0.4 is 5.32 Å². The lowest BCUT2D eigenvalue weighted by atomic mass is 9.95. The predicted molar refractivity (Wildman–Crippen MR) is 84.5 cm³/mol. The number of nitrogens with one attached hydrogen (secondary N) is 1. The summed E-state index contributed by atoms with van der Waals surface area (Å²) in [6.07, 6.45) is 2.91. The molecule has 3 heterocycles. The van der Waals surface area contributed by atoms with Crippen LogP contribution in [0.4, 0.5) is 5.82 Å². The van der Waals surface area contributed by atoms with Gasteiger partial charge in [-0.3, -0.25) is 4.90 Å². The number of anilines is 1. The number of nitriles is 1. The van der Waals surface area contributed by atoms with Crippen molar-refractivity contribution >= 4 is 17.6 Å². The molecule has 1 N–H and O–H groups in total. The van der Waals surface area contributed by atoms with Crippen LogP contribution in [0, 0.1) is 11.3 Å². The molecule has 0 aromatic carbocycles. The number of thioether (sulfide) groups is 1. The average Bonchev–Trinajstić information content (AvgIpc) is 3.04. The van der Waals surface area contributed by atoms with Gasteiger partial charge in [0, 0.05) is 37.1 Å². The molecule has 1 aromatic heterocycles. The molecule has 3 rings (SSSR count). The first kappa shape index (κ1) is 14.6. The van der Waals surface area contributed by atoms with Crippen molar-refractivity contribution in [3.05, 3.63) is 23.9 Å². The maximum absolute atomic E-state index is 9.16. The molecule has 2 aliphatic heterocycles. The van der Waals surface area contributed by atoms with Gasteiger partial charge in [-0.2, -0.15) is 17.0 Å². The normalized spacial score (nSPS) is 26.4. The molecule has 0 radical (unpaired) electrons. The Balaban J connectivity index is 1.72. The van der Waals surface area contributed by atoms with Crippen LogP contribution in [-0.4, -0.2) is 59.8 Å². The number of hydrogen-bond donors (Lipinski definition) is 1. The number of rotatable bonds is 4. The van der Waals surface area contributed by atoms with Gasteiger partial charge in [0.15, 0.2) is 0 Å². The molecule has 1 aromatic rings. The quantitative estimate of drug-likeness (QED) is 0.911. The third kappa shape index (κ3) is 3.15. The SMILES string of the molecule is N#Cc1cccnc1NC[C@]1(N2CCOCC2)CCSC1. The second kappa shape index (κ2) is 6.65. The molecule has 0 spiro atoms. The Bertz CT molecular complexity index is 519. The molecule has 0 amide bonds. The van der Waals surface area contributed by atoms with Crippen molar-refractivity contribution < 1.29 is 4.74 Å². The van der Waals surface area contributed by atoms with Crippen molar-refractivity contribution in [1.82, 2.24) is 9.88 Å². The lowest BCUT2D eigenvalue weighted by Gasteiger charge is -2.43. The van der Waals surface area contributed by atoms with Gasteiger partial charge >= 0.3 is 0 Å². The van der Waals surface area contributed by atoms with E-state index in [-0.39, 0.29) is 5.54 Å². The average molecular weight is 304 g/mol. The highest BCUT2D eigenvalue weighted by Gasteiger charge is 2.40. The standard InChI is InChI=1S/C15H20N4OS/c16-10-13-2-1-4-17-14(13)18-11-15(3-9-21-12-15)19-5-7-20-8-6-19/h1-2,4H,3,5-9,11-12H2,(H,17,18)/t15-/m1/s1. The molecular formula is C15H20N4OS. The van der Waals surface area contributed by atoms with E-state index < -0.39 is 0 Å². The zero-order valence-corrected chi connectivity index (χ0v) is 12.9. The Labute approximate surface area is 129 Å². The van der Waals surface area contributed by atoms with Gasteiger partial charge in [0.25, 0.3) is 0 Å². The number of pyridine rings is 1. The minimum absolute atomic E-state index is 0.165. The Kier molecular flexibility index (Phi) is 4.63. The molecule has 2 saturated heterocycles. The van der Waals surface area contributed by atoms with Gasteiger partial charge in [0.05, 0.1) is 18.8 Å².